The third-order valence-corrected chi connectivity index (χ3v) is 7.03. The lowest BCUT2D eigenvalue weighted by Crippen LogP contribution is -2.41. The van der Waals surface area contributed by atoms with E-state index >= 15 is 0 Å². The van der Waals surface area contributed by atoms with E-state index in [2.05, 4.69) is 45.1 Å². The summed E-state index contributed by atoms with van der Waals surface area (Å²) in [5.74, 6) is 1.32. The van der Waals surface area contributed by atoms with Gasteiger partial charge in [-0.15, -0.1) is 0 Å². The lowest BCUT2D eigenvalue weighted by atomic mass is 9.95. The lowest BCUT2D eigenvalue weighted by Gasteiger charge is -2.31. The monoisotopic (exact) mass is 426 g/mol. The summed E-state index contributed by atoms with van der Waals surface area (Å²) in [4.78, 5) is 17.6. The van der Waals surface area contributed by atoms with Crippen molar-refractivity contribution < 1.29 is 9.53 Å². The van der Waals surface area contributed by atoms with Gasteiger partial charge in [-0.1, -0.05) is 6.42 Å². The summed E-state index contributed by atoms with van der Waals surface area (Å²) in [6.45, 7) is 7.28. The normalized spacial score (nSPS) is 19.0. The zero-order valence-corrected chi connectivity index (χ0v) is 19.2. The number of nitrogens with one attached hydrogen (secondary N) is 1. The van der Waals surface area contributed by atoms with Crippen molar-refractivity contribution in [3.05, 3.63) is 30.0 Å². The molecule has 1 aromatic carbocycles. The van der Waals surface area contributed by atoms with Gasteiger partial charge >= 0.3 is 0 Å². The van der Waals surface area contributed by atoms with Crippen LogP contribution in [0.4, 0.5) is 0 Å². The Labute approximate surface area is 186 Å². The average molecular weight is 427 g/mol. The predicted molar refractivity (Wildman–Crippen MR) is 125 cm³/mol. The minimum atomic E-state index is 0.166. The van der Waals surface area contributed by atoms with Crippen LogP contribution in [0.3, 0.4) is 0 Å². The number of piperidine rings is 2. The molecular weight excluding hydrogens is 388 g/mol. The van der Waals surface area contributed by atoms with Crippen LogP contribution in [0.5, 0.6) is 5.75 Å². The van der Waals surface area contributed by atoms with Gasteiger partial charge in [-0.3, -0.25) is 9.69 Å². The molecule has 2 fully saturated rings. The Balaban J connectivity index is 1.21. The fraction of sp³-hybridized carbons (Fsp3) is 0.640. The summed E-state index contributed by atoms with van der Waals surface area (Å²) < 4.78 is 7.61. The molecule has 6 nitrogen and oxygen atoms in total. The first kappa shape index (κ1) is 22.2. The molecule has 0 saturated carbocycles. The van der Waals surface area contributed by atoms with Crippen molar-refractivity contribution >= 4 is 16.8 Å². The Hall–Kier alpha value is -2.05. The highest BCUT2D eigenvalue weighted by molar-refractivity contribution is 5.85. The molecule has 2 saturated heterocycles. The summed E-state index contributed by atoms with van der Waals surface area (Å²) in [6.07, 6.45) is 9.23. The zero-order valence-electron chi connectivity index (χ0n) is 19.2. The predicted octanol–water partition coefficient (Wildman–Crippen LogP) is 3.39. The first-order valence-corrected chi connectivity index (χ1v) is 12.0. The second-order valence-corrected chi connectivity index (χ2v) is 9.25. The summed E-state index contributed by atoms with van der Waals surface area (Å²) in [7, 11) is 3.81. The minimum absolute atomic E-state index is 0.166. The second kappa shape index (κ2) is 10.5. The number of hydrogen-bond donors (Lipinski definition) is 1. The third-order valence-electron chi connectivity index (χ3n) is 7.03. The van der Waals surface area contributed by atoms with Crippen LogP contribution in [0.1, 0.15) is 44.1 Å². The molecule has 0 atom stereocenters. The molecule has 1 amide bonds. The first-order chi connectivity index (χ1) is 15.1. The number of nitrogens with zero attached hydrogens (tertiary/aromatic N) is 3. The molecule has 0 unspecified atom stereocenters. The van der Waals surface area contributed by atoms with Crippen LogP contribution >= 0.6 is 0 Å². The van der Waals surface area contributed by atoms with Gasteiger partial charge < -0.3 is 19.5 Å². The molecule has 6 heteroatoms. The molecule has 0 bridgehead atoms. The highest BCUT2D eigenvalue weighted by atomic mass is 16.5. The number of fused-ring (bicyclic) bond motifs is 1. The number of benzene rings is 1. The molecule has 0 aliphatic carbocycles. The molecule has 1 aromatic heterocycles. The van der Waals surface area contributed by atoms with Crippen molar-refractivity contribution in [2.75, 3.05) is 46.4 Å². The quantitative estimate of drug-likeness (QED) is 0.658. The highest BCUT2D eigenvalue weighted by Crippen LogP contribution is 2.28. The van der Waals surface area contributed by atoms with Gasteiger partial charge in [0.2, 0.25) is 5.91 Å². The fourth-order valence-corrected chi connectivity index (χ4v) is 5.14. The number of carbonyl (C=O) groups is 1. The molecule has 170 valence electrons. The number of ether oxygens (including phenoxy) is 1. The van der Waals surface area contributed by atoms with Gasteiger partial charge in [0.15, 0.2) is 0 Å². The van der Waals surface area contributed by atoms with Crippen molar-refractivity contribution in [1.29, 1.82) is 0 Å². The smallest absolute Gasteiger partial charge is 0.223 e. The van der Waals surface area contributed by atoms with Gasteiger partial charge in [-0.2, -0.15) is 0 Å². The standard InChI is InChI=1S/C25H38N4O2/c1-27-18-21(23-17-22(31-2)7-8-24(23)27)19-29-15-9-20(10-16-29)25(30)26-11-6-14-28-12-4-3-5-13-28/h7-8,17-18,20H,3-6,9-16,19H2,1-2H3,(H,26,30). The Kier molecular flexibility index (Phi) is 7.51. The number of rotatable bonds is 8. The molecule has 2 aromatic rings. The largest absolute Gasteiger partial charge is 0.497 e. The molecule has 3 heterocycles. The number of aromatic nitrogens is 1. The number of likely N-dealkylation sites (tertiary alicyclic amines) is 2. The Morgan fingerprint density at radius 2 is 1.87 bits per heavy atom. The summed E-state index contributed by atoms with van der Waals surface area (Å²) in [5.41, 5.74) is 2.56. The molecule has 31 heavy (non-hydrogen) atoms. The Morgan fingerprint density at radius 1 is 1.10 bits per heavy atom. The van der Waals surface area contributed by atoms with Crippen LogP contribution in [0.25, 0.3) is 10.9 Å². The molecule has 4 rings (SSSR count). The Bertz CT molecular complexity index is 864. The molecule has 2 aliphatic heterocycles. The number of carbonyl (C=O) groups excluding carboxylic acids is 1. The summed E-state index contributed by atoms with van der Waals surface area (Å²) >= 11 is 0. The van der Waals surface area contributed by atoms with Crippen LogP contribution < -0.4 is 10.1 Å². The van der Waals surface area contributed by atoms with E-state index in [0.717, 1.165) is 57.7 Å². The SMILES string of the molecule is COc1ccc2c(c1)c(CN1CCC(C(=O)NCCCN3CCCCC3)CC1)cn2C. The van der Waals surface area contributed by atoms with E-state index < -0.39 is 0 Å². The molecule has 1 N–H and O–H groups in total. The Morgan fingerprint density at radius 3 is 2.61 bits per heavy atom. The van der Waals surface area contributed by atoms with E-state index in [9.17, 15) is 4.79 Å². The van der Waals surface area contributed by atoms with E-state index in [1.165, 1.54) is 48.8 Å². The minimum Gasteiger partial charge on any atom is -0.497 e. The van der Waals surface area contributed by atoms with Crippen LogP contribution in [0.2, 0.25) is 0 Å². The van der Waals surface area contributed by atoms with Crippen molar-refractivity contribution in [1.82, 2.24) is 19.7 Å². The van der Waals surface area contributed by atoms with Crippen molar-refractivity contribution in [3.8, 4) is 5.75 Å². The zero-order chi connectivity index (χ0) is 21.6. The van der Waals surface area contributed by atoms with Gasteiger partial charge in [-0.05, 0) is 88.6 Å². The van der Waals surface area contributed by atoms with E-state index in [0.29, 0.717) is 0 Å². The van der Waals surface area contributed by atoms with Crippen LogP contribution in [0.15, 0.2) is 24.4 Å². The van der Waals surface area contributed by atoms with Gasteiger partial charge in [0.1, 0.15) is 5.75 Å². The van der Waals surface area contributed by atoms with Crippen molar-refractivity contribution in [2.45, 2.75) is 45.1 Å². The third kappa shape index (κ3) is 5.60. The number of methoxy groups -OCH3 is 1. The molecular formula is C25H38N4O2. The summed E-state index contributed by atoms with van der Waals surface area (Å²) in [5, 5.41) is 4.45. The van der Waals surface area contributed by atoms with E-state index in [-0.39, 0.29) is 11.8 Å². The van der Waals surface area contributed by atoms with Crippen LogP contribution in [-0.4, -0.2) is 66.7 Å². The van der Waals surface area contributed by atoms with Gasteiger partial charge in [-0.25, -0.2) is 0 Å². The average Bonchev–Trinajstić information content (AvgIpc) is 3.12. The first-order valence-electron chi connectivity index (χ1n) is 12.0. The second-order valence-electron chi connectivity index (χ2n) is 9.25. The highest BCUT2D eigenvalue weighted by Gasteiger charge is 2.25. The number of amides is 1. The maximum atomic E-state index is 12.6. The number of aryl methyl sites for hydroxylation is 1. The molecule has 0 spiro atoms. The lowest BCUT2D eigenvalue weighted by molar-refractivity contribution is -0.126. The number of hydrogen-bond acceptors (Lipinski definition) is 4. The van der Waals surface area contributed by atoms with Gasteiger partial charge in [0, 0.05) is 43.2 Å². The van der Waals surface area contributed by atoms with Crippen molar-refractivity contribution in [3.63, 3.8) is 0 Å². The van der Waals surface area contributed by atoms with Crippen LogP contribution in [-0.2, 0) is 18.4 Å². The topological polar surface area (TPSA) is 49.7 Å². The van der Waals surface area contributed by atoms with E-state index in [1.807, 2.05) is 6.07 Å². The van der Waals surface area contributed by atoms with E-state index in [4.69, 9.17) is 4.74 Å². The maximum absolute atomic E-state index is 12.6. The van der Waals surface area contributed by atoms with Crippen molar-refractivity contribution in [2.24, 2.45) is 13.0 Å². The summed E-state index contributed by atoms with van der Waals surface area (Å²) in [6, 6.07) is 6.27. The fourth-order valence-electron chi connectivity index (χ4n) is 5.14. The maximum Gasteiger partial charge on any atom is 0.223 e. The van der Waals surface area contributed by atoms with E-state index in [1.54, 1.807) is 7.11 Å². The van der Waals surface area contributed by atoms with Gasteiger partial charge in [0.05, 0.1) is 7.11 Å². The van der Waals surface area contributed by atoms with Crippen LogP contribution in [0, 0.1) is 5.92 Å². The van der Waals surface area contributed by atoms with Gasteiger partial charge in [0.25, 0.3) is 0 Å². The molecule has 2 aliphatic rings. The molecule has 0 radical (unpaired) electrons.